The van der Waals surface area contributed by atoms with Gasteiger partial charge in [-0.2, -0.15) is 23.0 Å². The maximum absolute atomic E-state index is 13.8. The molecule has 1 atom stereocenters. The summed E-state index contributed by atoms with van der Waals surface area (Å²) in [6, 6.07) is 5.09. The average Bonchev–Trinajstić information content (AvgIpc) is 3.52. The number of anilines is 1. The number of carbonyl (C=O) groups excluding carboxylic acids is 1. The number of aromatic nitrogens is 2. The molecule has 192 valence electrons. The van der Waals surface area contributed by atoms with Crippen molar-refractivity contribution < 1.29 is 27.9 Å². The van der Waals surface area contributed by atoms with Crippen LogP contribution in [0.3, 0.4) is 0 Å². The van der Waals surface area contributed by atoms with Gasteiger partial charge in [-0.1, -0.05) is 19.9 Å². The van der Waals surface area contributed by atoms with Crippen molar-refractivity contribution in [2.75, 3.05) is 37.6 Å². The van der Waals surface area contributed by atoms with Crippen molar-refractivity contribution in [3.05, 3.63) is 47.3 Å². The van der Waals surface area contributed by atoms with Gasteiger partial charge in [0, 0.05) is 57.2 Å². The Hall–Kier alpha value is -3.08. The van der Waals surface area contributed by atoms with Crippen molar-refractivity contribution in [1.29, 1.82) is 0 Å². The van der Waals surface area contributed by atoms with E-state index in [-0.39, 0.29) is 23.8 Å². The highest BCUT2D eigenvalue weighted by Gasteiger charge is 2.36. The van der Waals surface area contributed by atoms with E-state index in [1.807, 2.05) is 30.6 Å². The van der Waals surface area contributed by atoms with Gasteiger partial charge in [-0.15, -0.1) is 0 Å². The van der Waals surface area contributed by atoms with Gasteiger partial charge in [-0.3, -0.25) is 4.90 Å². The van der Waals surface area contributed by atoms with Gasteiger partial charge in [0.1, 0.15) is 0 Å². The number of carboxylic acid groups (broad SMARTS) is 1. The molecule has 2 aliphatic heterocycles. The summed E-state index contributed by atoms with van der Waals surface area (Å²) in [5, 5.41) is 12.8. The van der Waals surface area contributed by atoms with Gasteiger partial charge in [-0.05, 0) is 43.5 Å². The predicted octanol–water partition coefficient (Wildman–Crippen LogP) is 4.40. The molecule has 2 saturated heterocycles. The molecule has 1 aromatic carbocycles. The van der Waals surface area contributed by atoms with Crippen molar-refractivity contribution in [1.82, 2.24) is 19.6 Å². The molecule has 0 radical (unpaired) electrons. The van der Waals surface area contributed by atoms with Gasteiger partial charge in [0.25, 0.3) is 0 Å². The summed E-state index contributed by atoms with van der Waals surface area (Å²) in [5.41, 5.74) is -0.0228. The van der Waals surface area contributed by atoms with Gasteiger partial charge in [0.05, 0.1) is 5.56 Å². The molecule has 1 amide bonds. The van der Waals surface area contributed by atoms with E-state index in [1.165, 1.54) is 18.3 Å². The molecule has 4 rings (SSSR count). The molecule has 1 N–H and O–H groups in total. The summed E-state index contributed by atoms with van der Waals surface area (Å²) >= 11 is 0. The van der Waals surface area contributed by atoms with Crippen molar-refractivity contribution in [3.8, 4) is 0 Å². The van der Waals surface area contributed by atoms with Crippen LogP contribution in [0.4, 0.5) is 23.7 Å². The van der Waals surface area contributed by atoms with E-state index in [2.05, 4.69) is 5.10 Å². The van der Waals surface area contributed by atoms with Crippen LogP contribution in [-0.2, 0) is 12.7 Å². The Morgan fingerprint density at radius 3 is 2.34 bits per heavy atom. The minimum absolute atomic E-state index is 0.131. The molecule has 3 heterocycles. The summed E-state index contributed by atoms with van der Waals surface area (Å²) in [6.07, 6.45) is -1.18. The van der Waals surface area contributed by atoms with Crippen LogP contribution >= 0.6 is 0 Å². The van der Waals surface area contributed by atoms with E-state index in [4.69, 9.17) is 5.11 Å². The first-order valence-electron chi connectivity index (χ1n) is 11.9. The van der Waals surface area contributed by atoms with E-state index < -0.39 is 23.7 Å². The lowest BCUT2D eigenvalue weighted by Gasteiger charge is -2.39. The second-order valence-corrected chi connectivity index (χ2v) is 8.54. The third-order valence-electron chi connectivity index (χ3n) is 6.23. The van der Waals surface area contributed by atoms with Crippen molar-refractivity contribution in [3.63, 3.8) is 0 Å². The molecule has 0 spiro atoms. The normalized spacial score (nSPS) is 18.9. The second kappa shape index (κ2) is 11.1. The fourth-order valence-corrected chi connectivity index (χ4v) is 4.52. The number of piperazine rings is 1. The minimum Gasteiger partial charge on any atom is -0.476 e. The third-order valence-corrected chi connectivity index (χ3v) is 6.23. The number of benzene rings is 1. The first-order valence-corrected chi connectivity index (χ1v) is 11.9. The zero-order chi connectivity index (χ0) is 25.8. The molecule has 2 aliphatic rings. The first kappa shape index (κ1) is 26.5. The molecular formula is C24H32F3N5O3. The summed E-state index contributed by atoms with van der Waals surface area (Å²) in [5.74, 6) is -1.23. The number of aromatic carboxylic acids is 1. The molecule has 1 aromatic heterocycles. The molecule has 35 heavy (non-hydrogen) atoms. The number of amides is 1. The maximum atomic E-state index is 13.8. The maximum Gasteiger partial charge on any atom is 0.416 e. The zero-order valence-electron chi connectivity index (χ0n) is 20.3. The largest absolute Gasteiger partial charge is 0.476 e. The Labute approximate surface area is 202 Å². The summed E-state index contributed by atoms with van der Waals surface area (Å²) < 4.78 is 42.4. The van der Waals surface area contributed by atoms with Crippen LogP contribution in [0.1, 0.15) is 55.2 Å². The standard InChI is InChI=1S/C22H26F3N5O3.C2H6/c1-15-13-27(10-11-29(15)21(33)30-9-6-19(26-30)20(31)32)14-16-4-5-17(28-7-2-3-8-28)12-18(16)22(23,24)25;1-2/h4-6,9,12,15H,2-3,7-8,10-11,13-14H2,1H3,(H,31,32);1-2H3. The highest BCUT2D eigenvalue weighted by Crippen LogP contribution is 2.36. The van der Waals surface area contributed by atoms with Crippen molar-refractivity contribution in [2.24, 2.45) is 0 Å². The molecule has 0 saturated carbocycles. The van der Waals surface area contributed by atoms with Crippen LogP contribution in [0, 0.1) is 0 Å². The van der Waals surface area contributed by atoms with E-state index in [9.17, 15) is 22.8 Å². The molecule has 2 fully saturated rings. The number of carboxylic acids is 1. The van der Waals surface area contributed by atoms with Gasteiger partial charge < -0.3 is 14.9 Å². The number of hydrogen-bond acceptors (Lipinski definition) is 5. The van der Waals surface area contributed by atoms with Crippen LogP contribution in [0.2, 0.25) is 0 Å². The lowest BCUT2D eigenvalue weighted by Crippen LogP contribution is -2.54. The van der Waals surface area contributed by atoms with Crippen LogP contribution in [-0.4, -0.2) is 75.5 Å². The molecule has 8 nitrogen and oxygen atoms in total. The highest BCUT2D eigenvalue weighted by molar-refractivity contribution is 5.86. The molecule has 11 heteroatoms. The van der Waals surface area contributed by atoms with Crippen LogP contribution in [0.15, 0.2) is 30.5 Å². The Kier molecular flexibility index (Phi) is 8.42. The topological polar surface area (TPSA) is 81.9 Å². The van der Waals surface area contributed by atoms with Crippen molar-refractivity contribution in [2.45, 2.75) is 52.4 Å². The number of alkyl halides is 3. The summed E-state index contributed by atoms with van der Waals surface area (Å²) in [4.78, 5) is 29.2. The highest BCUT2D eigenvalue weighted by atomic mass is 19.4. The quantitative estimate of drug-likeness (QED) is 0.677. The molecule has 2 aromatic rings. The number of rotatable bonds is 4. The Morgan fingerprint density at radius 1 is 1.09 bits per heavy atom. The van der Waals surface area contributed by atoms with Crippen molar-refractivity contribution >= 4 is 17.7 Å². The van der Waals surface area contributed by atoms with E-state index in [1.54, 1.807) is 17.0 Å². The lowest BCUT2D eigenvalue weighted by atomic mass is 10.0. The second-order valence-electron chi connectivity index (χ2n) is 8.54. The van der Waals surface area contributed by atoms with E-state index in [0.29, 0.717) is 25.3 Å². The molecule has 0 aliphatic carbocycles. The summed E-state index contributed by atoms with van der Waals surface area (Å²) in [6.45, 7) is 8.58. The SMILES string of the molecule is CC.CC1CN(Cc2ccc(N3CCCC3)cc2C(F)(F)F)CCN1C(=O)n1ccc(C(=O)O)n1. The smallest absolute Gasteiger partial charge is 0.416 e. The Morgan fingerprint density at radius 2 is 1.77 bits per heavy atom. The van der Waals surface area contributed by atoms with Crippen LogP contribution < -0.4 is 4.90 Å². The predicted molar refractivity (Wildman–Crippen MR) is 126 cm³/mol. The van der Waals surface area contributed by atoms with Crippen LogP contribution in [0.25, 0.3) is 0 Å². The molecular weight excluding hydrogens is 463 g/mol. The fourth-order valence-electron chi connectivity index (χ4n) is 4.52. The minimum atomic E-state index is -4.45. The van der Waals surface area contributed by atoms with E-state index >= 15 is 0 Å². The fraction of sp³-hybridized carbons (Fsp3) is 0.542. The molecule has 0 bridgehead atoms. The van der Waals surface area contributed by atoms with Gasteiger partial charge >= 0.3 is 18.2 Å². The molecule has 1 unspecified atom stereocenters. The number of hydrogen-bond donors (Lipinski definition) is 1. The number of nitrogens with zero attached hydrogens (tertiary/aromatic N) is 5. The van der Waals surface area contributed by atoms with Gasteiger partial charge in [0.15, 0.2) is 5.69 Å². The van der Waals surface area contributed by atoms with Crippen LogP contribution in [0.5, 0.6) is 0 Å². The third kappa shape index (κ3) is 6.14. The van der Waals surface area contributed by atoms with Gasteiger partial charge in [0.2, 0.25) is 0 Å². The Bertz CT molecular complexity index is 1030. The summed E-state index contributed by atoms with van der Waals surface area (Å²) in [7, 11) is 0. The zero-order valence-corrected chi connectivity index (χ0v) is 20.3. The Balaban J connectivity index is 0.00000167. The lowest BCUT2D eigenvalue weighted by molar-refractivity contribution is -0.138. The average molecular weight is 496 g/mol. The van der Waals surface area contributed by atoms with E-state index in [0.717, 1.165) is 30.6 Å². The number of halogens is 3. The number of carbonyl (C=O) groups is 2. The first-order chi connectivity index (χ1) is 16.6. The monoisotopic (exact) mass is 495 g/mol. The van der Waals surface area contributed by atoms with Gasteiger partial charge in [-0.25, -0.2) is 9.59 Å².